The van der Waals surface area contributed by atoms with Crippen LogP contribution in [-0.2, 0) is 9.47 Å². The summed E-state index contributed by atoms with van der Waals surface area (Å²) in [6.07, 6.45) is 13.5. The van der Waals surface area contributed by atoms with Crippen LogP contribution in [-0.4, -0.2) is 309 Å². The van der Waals surface area contributed by atoms with Gasteiger partial charge in [0.05, 0.1) is 140 Å². The van der Waals surface area contributed by atoms with Gasteiger partial charge in [-0.1, -0.05) is 48.5 Å². The van der Waals surface area contributed by atoms with E-state index >= 15 is 0 Å². The van der Waals surface area contributed by atoms with E-state index in [9.17, 15) is 10.2 Å². The van der Waals surface area contributed by atoms with Gasteiger partial charge >= 0.3 is 0 Å². The summed E-state index contributed by atoms with van der Waals surface area (Å²) in [4.78, 5) is 82.5. The predicted molar refractivity (Wildman–Crippen MR) is 503 cm³/mol. The minimum absolute atomic E-state index is 0.0166. The molecule has 668 valence electrons. The summed E-state index contributed by atoms with van der Waals surface area (Å²) in [5, 5.41) is 21.5. The van der Waals surface area contributed by atoms with Crippen LogP contribution >= 0.6 is 0 Å². The Labute approximate surface area is 742 Å². The van der Waals surface area contributed by atoms with E-state index in [4.69, 9.17) is 39.4 Å². The van der Waals surface area contributed by atoms with Crippen molar-refractivity contribution in [1.29, 1.82) is 0 Å². The second-order valence-electron chi connectivity index (χ2n) is 36.9. The molecule has 4 aromatic carbocycles. The SMILES string of the molecule is CO[C@@H]1C[C@H](c2nc3c(N4CCN(C)CC4)cccc3[nH]2)N(C)[C@H](c2ncccc2C)C1.CO[C@H]1C[C@H](c2nc3c(N4CCN(C)CC4)cccc3[nH]2)N(C)[C@H](c2ncccc2C)C1.Cc1cccnc1[C@@H]1C[C@@H](O)C[C@H](c2nc3c(N4CCN(C)CC4)cccc3[nH]2)N1C.Cc1cccnc1[C@@H]1C[C@H](O)C[C@H](c2nc3c(N4CCN(C)CC4)cccc3[nH]2)N1C. The second-order valence-corrected chi connectivity index (χ2v) is 36.9. The minimum atomic E-state index is -0.377. The number of aliphatic hydroxyl groups excluding tert-OH is 2. The average Bonchev–Trinajstić information content (AvgIpc) is 1.63. The summed E-state index contributed by atoms with van der Waals surface area (Å²) in [5.41, 5.74) is 22.5. The number of para-hydroxylation sites is 4. The van der Waals surface area contributed by atoms with E-state index < -0.39 is 0 Å². The predicted octanol–water partition coefficient (Wildman–Crippen LogP) is 12.9. The van der Waals surface area contributed by atoms with Gasteiger partial charge in [0, 0.05) is 144 Å². The van der Waals surface area contributed by atoms with Crippen molar-refractivity contribution in [1.82, 2.24) is 99.0 Å². The number of aryl methyl sites for hydroxylation is 4. The molecule has 8 aromatic heterocycles. The number of aromatic nitrogens is 12. The zero-order valence-corrected chi connectivity index (χ0v) is 76.4. The number of aliphatic hydroxyl groups is 2. The molecule has 0 unspecified atom stereocenters. The maximum Gasteiger partial charge on any atom is 0.124 e. The van der Waals surface area contributed by atoms with Crippen molar-refractivity contribution >= 4 is 66.9 Å². The van der Waals surface area contributed by atoms with E-state index in [1.807, 2.05) is 63.3 Å². The topological polar surface area (TPSA) is 264 Å². The lowest BCUT2D eigenvalue weighted by atomic mass is 9.89. The lowest BCUT2D eigenvalue weighted by Crippen LogP contribution is -2.44. The highest BCUT2D eigenvalue weighted by molar-refractivity contribution is 5.92. The maximum atomic E-state index is 10.7. The molecule has 20 rings (SSSR count). The number of rotatable bonds is 14. The van der Waals surface area contributed by atoms with Crippen molar-refractivity contribution < 1.29 is 19.7 Å². The van der Waals surface area contributed by atoms with Crippen LogP contribution in [0.1, 0.15) is 168 Å². The van der Waals surface area contributed by atoms with Gasteiger partial charge in [0.25, 0.3) is 0 Å². The van der Waals surface area contributed by atoms with Crippen molar-refractivity contribution in [3.63, 3.8) is 0 Å². The molecule has 0 spiro atoms. The quantitative estimate of drug-likeness (QED) is 0.0591. The number of aromatic amines is 4. The fourth-order valence-corrected chi connectivity index (χ4v) is 20.8. The molecule has 6 N–H and O–H groups in total. The third kappa shape index (κ3) is 18.9. The molecule has 28 nitrogen and oxygen atoms in total. The molecular weight excluding hydrogens is 1580 g/mol. The molecule has 12 aromatic rings. The first-order valence-corrected chi connectivity index (χ1v) is 45.8. The van der Waals surface area contributed by atoms with E-state index in [1.165, 1.54) is 33.9 Å². The first-order valence-electron chi connectivity index (χ1n) is 45.8. The number of hydrogen-bond acceptors (Lipinski definition) is 24. The van der Waals surface area contributed by atoms with Gasteiger partial charge in [-0.05, 0) is 230 Å². The van der Waals surface area contributed by atoms with Gasteiger partial charge in [0.15, 0.2) is 0 Å². The molecule has 126 heavy (non-hydrogen) atoms. The molecule has 0 saturated carbocycles. The number of methoxy groups -OCH3 is 2. The van der Waals surface area contributed by atoms with E-state index in [0.717, 1.165) is 232 Å². The van der Waals surface area contributed by atoms with Crippen molar-refractivity contribution in [2.45, 2.75) is 152 Å². The summed E-state index contributed by atoms with van der Waals surface area (Å²) in [6.45, 7) is 25.3. The number of nitrogens with zero attached hydrogens (tertiary/aromatic N) is 20. The number of hydrogen-bond donors (Lipinski definition) is 6. The molecule has 28 heteroatoms. The van der Waals surface area contributed by atoms with E-state index in [-0.39, 0.29) is 72.8 Å². The highest BCUT2D eigenvalue weighted by Gasteiger charge is 2.43. The Morgan fingerprint density at radius 1 is 0.278 bits per heavy atom. The molecular formula is C98H132N24O4. The number of anilines is 4. The lowest BCUT2D eigenvalue weighted by Gasteiger charge is -2.42. The number of piperazine rings is 4. The minimum Gasteiger partial charge on any atom is -0.393 e. The molecule has 16 heterocycles. The van der Waals surface area contributed by atoms with E-state index in [0.29, 0.717) is 25.7 Å². The molecule has 0 amide bonds. The fraction of sp³-hybridized carbons (Fsp3) is 0.510. The molecule has 0 radical (unpaired) electrons. The van der Waals surface area contributed by atoms with Gasteiger partial charge < -0.3 is 78.8 Å². The number of nitrogens with one attached hydrogen (secondary N) is 4. The second kappa shape index (κ2) is 39.0. The molecule has 8 aliphatic rings. The van der Waals surface area contributed by atoms with Crippen molar-refractivity contribution in [2.24, 2.45) is 0 Å². The number of likely N-dealkylation sites (N-methyl/N-ethyl adjacent to an activating group) is 4. The Morgan fingerprint density at radius 2 is 0.492 bits per heavy atom. The third-order valence-electron chi connectivity index (χ3n) is 28.7. The number of benzene rings is 4. The molecule has 0 aliphatic carbocycles. The zero-order valence-electron chi connectivity index (χ0n) is 76.4. The van der Waals surface area contributed by atoms with Crippen LogP contribution in [0.2, 0.25) is 0 Å². The summed E-state index contributed by atoms with van der Waals surface area (Å²) in [7, 11) is 21.0. The average molecular weight is 1710 g/mol. The van der Waals surface area contributed by atoms with Crippen LogP contribution < -0.4 is 19.6 Å². The highest BCUT2D eigenvalue weighted by Crippen LogP contribution is 2.47. The van der Waals surface area contributed by atoms with Crippen molar-refractivity contribution in [2.75, 3.05) is 195 Å². The monoisotopic (exact) mass is 1710 g/mol. The standard InChI is InChI=1S/2C25H34N6O.2C24H32N6O/c2*1-17-7-6-10-26-23(17)21-15-18(32-4)16-22(30(21)3)25-27-19-8-5-9-20(24(19)28-25)31-13-11-29(2)12-14-31;2*1-16-6-5-9-25-22(16)20-14-17(31)15-21(29(20)3)24-26-18-7-4-8-19(23(18)27-24)30-12-10-28(2)11-13-30/h2*5-10,18,21-22H,11-16H2,1-4H3,(H,27,28);2*4-9,17,20-21,31H,10-15H2,1-3H3,(H,26,27)/t18-,21+,22-;18-,21-,22+;17-,20+,21-;17-,20-,21+/m1010/s1. The number of pyridine rings is 4. The van der Waals surface area contributed by atoms with Crippen molar-refractivity contribution in [3.05, 3.63) is 214 Å². The normalized spacial score (nSPS) is 25.7. The van der Waals surface area contributed by atoms with E-state index in [1.54, 1.807) is 0 Å². The van der Waals surface area contributed by atoms with Crippen LogP contribution in [0.15, 0.2) is 146 Å². The van der Waals surface area contributed by atoms with Crippen LogP contribution in [0, 0.1) is 27.7 Å². The van der Waals surface area contributed by atoms with Gasteiger partial charge in [0.1, 0.15) is 45.4 Å². The van der Waals surface area contributed by atoms with Gasteiger partial charge in [-0.25, -0.2) is 19.9 Å². The highest BCUT2D eigenvalue weighted by atomic mass is 16.5. The molecule has 8 fully saturated rings. The van der Waals surface area contributed by atoms with Crippen LogP contribution in [0.25, 0.3) is 44.1 Å². The summed E-state index contributed by atoms with van der Waals surface area (Å²) in [5.74, 6) is 3.89. The van der Waals surface area contributed by atoms with Crippen LogP contribution in [0.3, 0.4) is 0 Å². The Bertz CT molecular complexity index is 5280. The largest absolute Gasteiger partial charge is 0.393 e. The smallest absolute Gasteiger partial charge is 0.124 e. The Kier molecular flexibility index (Phi) is 27.2. The van der Waals surface area contributed by atoms with Crippen LogP contribution in [0.4, 0.5) is 22.7 Å². The zero-order chi connectivity index (χ0) is 87.6. The Hall–Kier alpha value is -9.92. The summed E-state index contributed by atoms with van der Waals surface area (Å²) >= 11 is 0. The number of H-pyrrole nitrogens is 4. The lowest BCUT2D eigenvalue weighted by molar-refractivity contribution is -0.0156. The van der Waals surface area contributed by atoms with Gasteiger partial charge in [0.2, 0.25) is 0 Å². The first-order chi connectivity index (χ1) is 61.1. The molecule has 0 bridgehead atoms. The number of fused-ring (bicyclic) bond motifs is 4. The Morgan fingerprint density at radius 3 is 0.722 bits per heavy atom. The van der Waals surface area contributed by atoms with E-state index in [2.05, 4.69) is 270 Å². The number of imidazole rings is 4. The maximum absolute atomic E-state index is 10.7. The number of ether oxygens (including phenoxy) is 2. The van der Waals surface area contributed by atoms with Crippen LogP contribution in [0.5, 0.6) is 0 Å². The van der Waals surface area contributed by atoms with Gasteiger partial charge in [-0.3, -0.25) is 39.5 Å². The summed E-state index contributed by atoms with van der Waals surface area (Å²) < 4.78 is 11.8. The molecule has 12 atom stereocenters. The third-order valence-corrected chi connectivity index (χ3v) is 28.7. The van der Waals surface area contributed by atoms with Gasteiger partial charge in [-0.15, -0.1) is 0 Å². The number of likely N-dealkylation sites (tertiary alicyclic amines) is 4. The van der Waals surface area contributed by atoms with Gasteiger partial charge in [-0.2, -0.15) is 0 Å². The van der Waals surface area contributed by atoms with Crippen molar-refractivity contribution in [3.8, 4) is 0 Å². The Balaban J connectivity index is 0.000000119. The first kappa shape index (κ1) is 88.1. The fourth-order valence-electron chi connectivity index (χ4n) is 20.8. The molecule has 8 aliphatic heterocycles. The summed E-state index contributed by atoms with van der Waals surface area (Å²) in [6, 6.07) is 43.0. The molecule has 8 saturated heterocycles. The number of piperidine rings is 4.